The molecule has 2 rings (SSSR count). The first-order valence-corrected chi connectivity index (χ1v) is 9.87. The first kappa shape index (κ1) is 19.5. The van der Waals surface area contributed by atoms with Crippen molar-refractivity contribution in [2.45, 2.75) is 76.7 Å². The van der Waals surface area contributed by atoms with E-state index in [-0.39, 0.29) is 11.8 Å². The summed E-state index contributed by atoms with van der Waals surface area (Å²) in [5, 5.41) is 5.95. The number of carbonyl (C=O) groups excluding carboxylic acids is 2. The first-order chi connectivity index (χ1) is 12.3. The fourth-order valence-corrected chi connectivity index (χ4v) is 3.31. The highest BCUT2D eigenvalue weighted by molar-refractivity contribution is 5.87. The Morgan fingerprint density at radius 1 is 0.800 bits per heavy atom. The largest absolute Gasteiger partial charge is 0.354 e. The monoisotopic (exact) mass is 344 g/mol. The molecule has 25 heavy (non-hydrogen) atoms. The summed E-state index contributed by atoms with van der Waals surface area (Å²) in [5.41, 5.74) is 1.07. The third-order valence-electron chi connectivity index (χ3n) is 4.81. The predicted molar refractivity (Wildman–Crippen MR) is 101 cm³/mol. The Kier molecular flexibility index (Phi) is 9.09. The van der Waals surface area contributed by atoms with Gasteiger partial charge in [0.25, 0.3) is 0 Å². The van der Waals surface area contributed by atoms with Crippen molar-refractivity contribution < 1.29 is 9.59 Å². The first-order valence-electron chi connectivity index (χ1n) is 9.87. The van der Waals surface area contributed by atoms with Gasteiger partial charge in [-0.1, -0.05) is 75.3 Å². The second-order valence-electron chi connectivity index (χ2n) is 7.03. The standard InChI is InChI=1S/C21H32N2O2/c24-20-15-11-6-4-2-1-3-5-7-12-16-22-21(25)19(23-20)17-18-13-9-8-10-14-18/h8-10,13-14,19H,1-7,11-12,15-17H2,(H,22,25)(H,23,24)/t19-/m0/s1. The second-order valence-corrected chi connectivity index (χ2v) is 7.03. The van der Waals surface area contributed by atoms with Crippen LogP contribution in [0.4, 0.5) is 0 Å². The molecule has 0 unspecified atom stereocenters. The molecule has 1 fully saturated rings. The number of rotatable bonds is 2. The van der Waals surface area contributed by atoms with Crippen LogP contribution >= 0.6 is 0 Å². The van der Waals surface area contributed by atoms with Gasteiger partial charge in [0.1, 0.15) is 6.04 Å². The van der Waals surface area contributed by atoms with Gasteiger partial charge in [-0.25, -0.2) is 0 Å². The lowest BCUT2D eigenvalue weighted by Gasteiger charge is -2.19. The average Bonchev–Trinajstić information content (AvgIpc) is 2.62. The molecule has 2 N–H and O–H groups in total. The van der Waals surface area contributed by atoms with Gasteiger partial charge in [-0.15, -0.1) is 0 Å². The van der Waals surface area contributed by atoms with Crippen LogP contribution in [-0.4, -0.2) is 24.4 Å². The van der Waals surface area contributed by atoms with Crippen LogP contribution in [0.5, 0.6) is 0 Å². The van der Waals surface area contributed by atoms with E-state index < -0.39 is 6.04 Å². The number of carbonyl (C=O) groups is 2. The third-order valence-corrected chi connectivity index (χ3v) is 4.81. The van der Waals surface area contributed by atoms with Gasteiger partial charge < -0.3 is 10.6 Å². The van der Waals surface area contributed by atoms with Crippen LogP contribution in [0.3, 0.4) is 0 Å². The summed E-state index contributed by atoms with van der Waals surface area (Å²) in [4.78, 5) is 24.8. The van der Waals surface area contributed by atoms with E-state index in [4.69, 9.17) is 0 Å². The van der Waals surface area contributed by atoms with Crippen LogP contribution in [-0.2, 0) is 16.0 Å². The Labute approximate surface area is 151 Å². The fourth-order valence-electron chi connectivity index (χ4n) is 3.31. The molecule has 1 aromatic rings. The number of amides is 2. The molecule has 4 heteroatoms. The zero-order valence-electron chi connectivity index (χ0n) is 15.3. The second kappa shape index (κ2) is 11.7. The highest BCUT2D eigenvalue weighted by Gasteiger charge is 2.20. The lowest BCUT2D eigenvalue weighted by Crippen LogP contribution is -2.48. The molecule has 1 heterocycles. The van der Waals surface area contributed by atoms with E-state index in [1.54, 1.807) is 0 Å². The average molecular weight is 344 g/mol. The molecule has 0 bridgehead atoms. The predicted octanol–water partition coefficient (Wildman–Crippen LogP) is 3.74. The molecule has 1 atom stereocenters. The molecule has 0 aromatic heterocycles. The lowest BCUT2D eigenvalue weighted by molar-refractivity contribution is -0.129. The van der Waals surface area contributed by atoms with Crippen molar-refractivity contribution in [1.82, 2.24) is 10.6 Å². The smallest absolute Gasteiger partial charge is 0.242 e. The van der Waals surface area contributed by atoms with Crippen molar-refractivity contribution in [2.24, 2.45) is 0 Å². The van der Waals surface area contributed by atoms with E-state index >= 15 is 0 Å². The third kappa shape index (κ3) is 8.19. The maximum absolute atomic E-state index is 12.5. The van der Waals surface area contributed by atoms with Gasteiger partial charge in [0.05, 0.1) is 0 Å². The Bertz CT molecular complexity index is 516. The van der Waals surface area contributed by atoms with E-state index in [1.165, 1.54) is 32.1 Å². The summed E-state index contributed by atoms with van der Waals surface area (Å²) in [5.74, 6) is -0.0764. The topological polar surface area (TPSA) is 58.2 Å². The van der Waals surface area contributed by atoms with Gasteiger partial charge in [-0.3, -0.25) is 9.59 Å². The Morgan fingerprint density at radius 3 is 2.08 bits per heavy atom. The molecule has 1 aromatic carbocycles. The van der Waals surface area contributed by atoms with Crippen LogP contribution < -0.4 is 10.6 Å². The SMILES string of the molecule is O=C1CCCCCCCCCCCNC(=O)[C@H](Cc2ccccc2)N1. The summed E-state index contributed by atoms with van der Waals surface area (Å²) in [7, 11) is 0. The summed E-state index contributed by atoms with van der Waals surface area (Å²) in [6.45, 7) is 0.694. The molecule has 0 aliphatic carbocycles. The van der Waals surface area contributed by atoms with E-state index in [0.717, 1.165) is 31.2 Å². The van der Waals surface area contributed by atoms with Crippen LogP contribution in [0.15, 0.2) is 30.3 Å². The summed E-state index contributed by atoms with van der Waals surface area (Å²) in [6, 6.07) is 9.40. The minimum Gasteiger partial charge on any atom is -0.354 e. The van der Waals surface area contributed by atoms with E-state index in [2.05, 4.69) is 10.6 Å². The molecular formula is C21H32N2O2. The molecule has 1 aliphatic rings. The van der Waals surface area contributed by atoms with E-state index in [1.807, 2.05) is 30.3 Å². The van der Waals surface area contributed by atoms with Crippen molar-refractivity contribution in [2.75, 3.05) is 6.54 Å². The highest BCUT2D eigenvalue weighted by Crippen LogP contribution is 2.11. The van der Waals surface area contributed by atoms with Crippen molar-refractivity contribution in [3.63, 3.8) is 0 Å². The zero-order valence-corrected chi connectivity index (χ0v) is 15.3. The van der Waals surface area contributed by atoms with Crippen LogP contribution in [0.1, 0.15) is 69.8 Å². The summed E-state index contributed by atoms with van der Waals surface area (Å²) < 4.78 is 0. The van der Waals surface area contributed by atoms with Gasteiger partial charge in [-0.05, 0) is 18.4 Å². The summed E-state index contributed by atoms with van der Waals surface area (Å²) in [6.07, 6.45) is 11.5. The normalized spacial score (nSPS) is 22.0. The number of hydrogen-bond acceptors (Lipinski definition) is 2. The minimum atomic E-state index is -0.484. The van der Waals surface area contributed by atoms with Crippen molar-refractivity contribution in [3.05, 3.63) is 35.9 Å². The molecule has 0 spiro atoms. The van der Waals surface area contributed by atoms with Crippen molar-refractivity contribution in [1.29, 1.82) is 0 Å². The number of benzene rings is 1. The van der Waals surface area contributed by atoms with Crippen LogP contribution in [0.25, 0.3) is 0 Å². The fraction of sp³-hybridized carbons (Fsp3) is 0.619. The molecule has 0 radical (unpaired) electrons. The Balaban J connectivity index is 1.94. The highest BCUT2D eigenvalue weighted by atomic mass is 16.2. The maximum atomic E-state index is 12.5. The van der Waals surface area contributed by atoms with Crippen LogP contribution in [0, 0.1) is 0 Å². The van der Waals surface area contributed by atoms with Crippen molar-refractivity contribution in [3.8, 4) is 0 Å². The molecule has 138 valence electrons. The quantitative estimate of drug-likeness (QED) is 0.858. The Hall–Kier alpha value is -1.84. The number of nitrogens with one attached hydrogen (secondary N) is 2. The maximum Gasteiger partial charge on any atom is 0.242 e. The molecular weight excluding hydrogens is 312 g/mol. The lowest BCUT2D eigenvalue weighted by atomic mass is 10.0. The van der Waals surface area contributed by atoms with Gasteiger partial charge in [-0.2, -0.15) is 0 Å². The molecule has 0 saturated carbocycles. The van der Waals surface area contributed by atoms with Gasteiger partial charge >= 0.3 is 0 Å². The molecule has 4 nitrogen and oxygen atoms in total. The van der Waals surface area contributed by atoms with E-state index in [9.17, 15) is 9.59 Å². The molecule has 1 aliphatic heterocycles. The van der Waals surface area contributed by atoms with E-state index in [0.29, 0.717) is 19.4 Å². The van der Waals surface area contributed by atoms with Crippen LogP contribution in [0.2, 0.25) is 0 Å². The Morgan fingerprint density at radius 2 is 1.40 bits per heavy atom. The molecule has 1 saturated heterocycles. The summed E-state index contributed by atoms with van der Waals surface area (Å²) >= 11 is 0. The number of hydrogen-bond donors (Lipinski definition) is 2. The zero-order chi connectivity index (χ0) is 17.7. The van der Waals surface area contributed by atoms with Crippen molar-refractivity contribution >= 4 is 11.8 Å². The molecule has 2 amide bonds. The van der Waals surface area contributed by atoms with Gasteiger partial charge in [0.15, 0.2) is 0 Å². The van der Waals surface area contributed by atoms with Gasteiger partial charge in [0.2, 0.25) is 11.8 Å². The van der Waals surface area contributed by atoms with Gasteiger partial charge in [0, 0.05) is 19.4 Å². The minimum absolute atomic E-state index is 0.0109.